The third-order valence-corrected chi connectivity index (χ3v) is 10.2. The average Bonchev–Trinajstić information content (AvgIpc) is 3.15. The van der Waals surface area contributed by atoms with Crippen molar-refractivity contribution in [2.75, 3.05) is 19.8 Å². The molecule has 316 valence electrons. The van der Waals surface area contributed by atoms with Gasteiger partial charge in [-0.05, 0) is 13.8 Å². The number of rotatable bonds is 11. The van der Waals surface area contributed by atoms with Gasteiger partial charge in [0.2, 0.25) is 0 Å². The van der Waals surface area contributed by atoms with Crippen molar-refractivity contribution in [2.24, 2.45) is 0 Å². The van der Waals surface area contributed by atoms with Gasteiger partial charge in [0.05, 0.1) is 32.0 Å². The summed E-state index contributed by atoms with van der Waals surface area (Å²) in [5.41, 5.74) is 0. The summed E-state index contributed by atoms with van der Waals surface area (Å²) in [5.74, 6) is 0. The maximum Gasteiger partial charge on any atom is 0.187 e. The normalized spacial score (nSPS) is 54.7. The van der Waals surface area contributed by atoms with Crippen LogP contribution in [0.4, 0.5) is 0 Å². The van der Waals surface area contributed by atoms with E-state index in [1.54, 1.807) is 0 Å². The van der Waals surface area contributed by atoms with Crippen molar-refractivity contribution >= 4 is 0 Å². The molecule has 24 heteroatoms. The van der Waals surface area contributed by atoms with Crippen LogP contribution in [0.15, 0.2) is 0 Å². The molecule has 0 spiro atoms. The van der Waals surface area contributed by atoms with E-state index in [0.717, 1.165) is 0 Å². The summed E-state index contributed by atoms with van der Waals surface area (Å²) in [6.45, 7) is -0.152. The molecule has 5 rings (SSSR count). The van der Waals surface area contributed by atoms with Crippen molar-refractivity contribution < 1.29 is 119 Å². The number of hydrogen-bond acceptors (Lipinski definition) is 24. The van der Waals surface area contributed by atoms with Crippen LogP contribution in [0.3, 0.4) is 0 Å². The van der Waals surface area contributed by atoms with Gasteiger partial charge in [-0.3, -0.25) is 0 Å². The summed E-state index contributed by atoms with van der Waals surface area (Å²) >= 11 is 0. The molecule has 0 amide bonds. The summed E-state index contributed by atoms with van der Waals surface area (Å²) in [6.07, 6.45) is -45.0. The Morgan fingerprint density at radius 3 is 1.19 bits per heavy atom. The van der Waals surface area contributed by atoms with Gasteiger partial charge in [0.1, 0.15) is 110 Å². The summed E-state index contributed by atoms with van der Waals surface area (Å²) in [5, 5.41) is 157. The minimum Gasteiger partial charge on any atom is -0.394 e. The van der Waals surface area contributed by atoms with Crippen LogP contribution in [-0.4, -0.2) is 250 Å². The third kappa shape index (κ3) is 8.72. The molecule has 0 radical (unpaired) electrons. The van der Waals surface area contributed by atoms with Gasteiger partial charge in [-0.25, -0.2) is 0 Å². The van der Waals surface area contributed by atoms with E-state index in [-0.39, 0.29) is 0 Å². The zero-order valence-corrected chi connectivity index (χ0v) is 28.9. The van der Waals surface area contributed by atoms with E-state index in [4.69, 9.17) is 42.6 Å². The lowest BCUT2D eigenvalue weighted by atomic mass is 9.95. The van der Waals surface area contributed by atoms with Gasteiger partial charge in [-0.1, -0.05) is 0 Å². The summed E-state index contributed by atoms with van der Waals surface area (Å²) < 4.78 is 51.3. The first-order valence-electron chi connectivity index (χ1n) is 17.3. The van der Waals surface area contributed by atoms with E-state index >= 15 is 0 Å². The topological polar surface area (TPSA) is 387 Å². The molecule has 0 aromatic rings. The molecule has 0 saturated carbocycles. The second-order valence-corrected chi connectivity index (χ2v) is 13.9. The van der Waals surface area contributed by atoms with Crippen LogP contribution in [0.5, 0.6) is 0 Å². The molecule has 5 fully saturated rings. The minimum absolute atomic E-state index is 0.875. The lowest BCUT2D eigenvalue weighted by Crippen LogP contribution is -2.69. The molecule has 0 aromatic heterocycles. The zero-order chi connectivity index (χ0) is 39.9. The zero-order valence-electron chi connectivity index (χ0n) is 28.9. The van der Waals surface area contributed by atoms with E-state index in [1.165, 1.54) is 13.8 Å². The van der Waals surface area contributed by atoms with Crippen LogP contribution in [0.2, 0.25) is 0 Å². The Kier molecular flexibility index (Phi) is 15.0. The van der Waals surface area contributed by atoms with E-state index in [1.807, 2.05) is 0 Å². The first-order chi connectivity index (χ1) is 25.4. The SMILES string of the molecule is C[C@@H]1O[C@@H](O[C@@H]2[C@@H](O)[C@H](O)O[C@H](CO)[C@H]2O[C@@H]2O[C@H](CO)[C@H](O)[C@H](O[C@@H]3O[C@@H](CO)[C@@H](O)[C@@H](O)[C@@H]3O)[C@H]2O[C@@H]2O[C@@H](C)[C@@H](O)[C@@H](O)[C@@H]2O)[C@@H](O)[C@H](O)[C@@H]1O. The lowest BCUT2D eigenvalue weighted by Gasteiger charge is -2.51. The van der Waals surface area contributed by atoms with Crippen molar-refractivity contribution in [2.45, 2.75) is 167 Å². The van der Waals surface area contributed by atoms with Gasteiger partial charge in [-0.15, -0.1) is 0 Å². The van der Waals surface area contributed by atoms with E-state index < -0.39 is 173 Å². The quantitative estimate of drug-likeness (QED) is 0.0923. The third-order valence-electron chi connectivity index (χ3n) is 10.2. The van der Waals surface area contributed by atoms with Crippen LogP contribution in [0, 0.1) is 0 Å². The van der Waals surface area contributed by atoms with Crippen molar-refractivity contribution in [1.29, 1.82) is 0 Å². The molecular weight excluding hydrogens is 744 g/mol. The van der Waals surface area contributed by atoms with Crippen LogP contribution in [0.1, 0.15) is 13.8 Å². The summed E-state index contributed by atoms with van der Waals surface area (Å²) in [6, 6.07) is 0. The van der Waals surface area contributed by atoms with Gasteiger partial charge in [-0.2, -0.15) is 0 Å². The van der Waals surface area contributed by atoms with Crippen molar-refractivity contribution in [3.05, 3.63) is 0 Å². The van der Waals surface area contributed by atoms with Crippen LogP contribution < -0.4 is 0 Å². The van der Waals surface area contributed by atoms with E-state index in [9.17, 15) is 76.6 Å². The molecule has 25 atom stereocenters. The summed E-state index contributed by atoms with van der Waals surface area (Å²) in [4.78, 5) is 0. The molecule has 5 aliphatic rings. The highest BCUT2D eigenvalue weighted by molar-refractivity contribution is 4.99. The molecule has 0 bridgehead atoms. The minimum atomic E-state index is -2.06. The first-order valence-corrected chi connectivity index (χ1v) is 17.3. The highest BCUT2D eigenvalue weighted by Gasteiger charge is 2.57. The Morgan fingerprint density at radius 2 is 0.704 bits per heavy atom. The molecule has 24 nitrogen and oxygen atoms in total. The predicted molar refractivity (Wildman–Crippen MR) is 164 cm³/mol. The van der Waals surface area contributed by atoms with Gasteiger partial charge in [0.15, 0.2) is 31.5 Å². The van der Waals surface area contributed by atoms with E-state index in [2.05, 4.69) is 0 Å². The number of aliphatic hydroxyl groups excluding tert-OH is 15. The molecule has 0 unspecified atom stereocenters. The Morgan fingerprint density at radius 1 is 0.333 bits per heavy atom. The second-order valence-electron chi connectivity index (χ2n) is 13.9. The van der Waals surface area contributed by atoms with Crippen molar-refractivity contribution in [3.8, 4) is 0 Å². The standard InChI is InChI=1S/C30H52O24/c1-6-11(34)15(38)18(41)27(46-6)53-24-21(44)26(45)48-10(5-33)22(24)51-30-25(54-28-19(42)16(39)12(35)7(2)47-28)23(14(37)9(4-32)50-30)52-29-20(43)17(40)13(36)8(3-31)49-29/h6-45H,3-5H2,1-2H3/t6-,7-,8-,9+,10+,11+,12+,13+,14-,15+,16+,17+,18-,19-,20-,21+,22+,23-,24+,25+,26+,27-,28-,29-,30-/m0/s1. The number of ether oxygens (including phenoxy) is 9. The fraction of sp³-hybridized carbons (Fsp3) is 1.00. The predicted octanol–water partition coefficient (Wildman–Crippen LogP) is -9.87. The van der Waals surface area contributed by atoms with Crippen LogP contribution >= 0.6 is 0 Å². The molecule has 54 heavy (non-hydrogen) atoms. The van der Waals surface area contributed by atoms with E-state index in [0.29, 0.717) is 0 Å². The molecule has 5 aliphatic heterocycles. The molecular formula is C30H52O24. The highest BCUT2D eigenvalue weighted by Crippen LogP contribution is 2.37. The van der Waals surface area contributed by atoms with Crippen LogP contribution in [0.25, 0.3) is 0 Å². The monoisotopic (exact) mass is 796 g/mol. The Hall–Kier alpha value is -0.960. The summed E-state index contributed by atoms with van der Waals surface area (Å²) in [7, 11) is 0. The highest BCUT2D eigenvalue weighted by atomic mass is 16.8. The Balaban J connectivity index is 1.51. The van der Waals surface area contributed by atoms with Gasteiger partial charge in [0.25, 0.3) is 0 Å². The van der Waals surface area contributed by atoms with Crippen molar-refractivity contribution in [1.82, 2.24) is 0 Å². The molecule has 15 N–H and O–H groups in total. The number of hydrogen-bond donors (Lipinski definition) is 15. The Bertz CT molecular complexity index is 1170. The van der Waals surface area contributed by atoms with Gasteiger partial charge in [0, 0.05) is 0 Å². The molecule has 5 saturated heterocycles. The number of aliphatic hydroxyl groups is 15. The Labute approximate surface area is 306 Å². The lowest BCUT2D eigenvalue weighted by molar-refractivity contribution is -0.411. The smallest absolute Gasteiger partial charge is 0.187 e. The fourth-order valence-electron chi connectivity index (χ4n) is 6.88. The second kappa shape index (κ2) is 18.3. The van der Waals surface area contributed by atoms with Gasteiger partial charge >= 0.3 is 0 Å². The van der Waals surface area contributed by atoms with Crippen molar-refractivity contribution in [3.63, 3.8) is 0 Å². The maximum atomic E-state index is 11.4. The fourth-order valence-corrected chi connectivity index (χ4v) is 6.88. The first kappa shape index (κ1) is 44.1. The molecule has 0 aliphatic carbocycles. The van der Waals surface area contributed by atoms with Crippen LogP contribution in [-0.2, 0) is 42.6 Å². The maximum absolute atomic E-state index is 11.4. The molecule has 0 aromatic carbocycles. The molecule has 5 heterocycles. The average molecular weight is 797 g/mol. The van der Waals surface area contributed by atoms with Gasteiger partial charge < -0.3 is 119 Å². The largest absolute Gasteiger partial charge is 0.394 e.